The molecule has 0 spiro atoms. The van der Waals surface area contributed by atoms with E-state index in [2.05, 4.69) is 26.2 Å². The standard InChI is InChI=1S/C13H12BrCl2N3O2/c14-9-5-6-10(13(16)12(9)15)19-7-8(17-18-19)3-1-2-4-11(20)21/h5-7H,1-4H2,(H,20,21). The van der Waals surface area contributed by atoms with Crippen LogP contribution in [0.2, 0.25) is 10.0 Å². The van der Waals surface area contributed by atoms with Crippen molar-refractivity contribution in [3.8, 4) is 5.69 Å². The summed E-state index contributed by atoms with van der Waals surface area (Å²) in [6, 6.07) is 3.58. The molecule has 0 atom stereocenters. The summed E-state index contributed by atoms with van der Waals surface area (Å²) in [5.41, 5.74) is 1.43. The Morgan fingerprint density at radius 2 is 2.05 bits per heavy atom. The molecule has 0 bridgehead atoms. The Hall–Kier alpha value is -1.11. The van der Waals surface area contributed by atoms with Crippen LogP contribution in [-0.4, -0.2) is 26.1 Å². The van der Waals surface area contributed by atoms with Gasteiger partial charge in [0.1, 0.15) is 0 Å². The maximum atomic E-state index is 10.4. The van der Waals surface area contributed by atoms with Gasteiger partial charge in [-0.1, -0.05) is 28.4 Å². The van der Waals surface area contributed by atoms with E-state index in [1.54, 1.807) is 23.0 Å². The van der Waals surface area contributed by atoms with Crippen LogP contribution in [0.15, 0.2) is 22.8 Å². The van der Waals surface area contributed by atoms with E-state index in [9.17, 15) is 4.79 Å². The van der Waals surface area contributed by atoms with Crippen molar-refractivity contribution in [3.05, 3.63) is 38.5 Å². The Kier molecular flexibility index (Phi) is 5.61. The molecule has 0 saturated heterocycles. The third-order valence-corrected chi connectivity index (χ3v) is 4.64. The summed E-state index contributed by atoms with van der Waals surface area (Å²) in [6.45, 7) is 0. The van der Waals surface area contributed by atoms with E-state index in [4.69, 9.17) is 28.3 Å². The summed E-state index contributed by atoms with van der Waals surface area (Å²) >= 11 is 15.6. The molecule has 0 aliphatic carbocycles. The van der Waals surface area contributed by atoms with E-state index in [1.165, 1.54) is 0 Å². The van der Waals surface area contributed by atoms with Crippen molar-refractivity contribution in [3.63, 3.8) is 0 Å². The van der Waals surface area contributed by atoms with Gasteiger partial charge < -0.3 is 5.11 Å². The summed E-state index contributed by atoms with van der Waals surface area (Å²) in [6.07, 6.45) is 3.98. The van der Waals surface area contributed by atoms with Gasteiger partial charge >= 0.3 is 5.97 Å². The van der Waals surface area contributed by atoms with Crippen molar-refractivity contribution in [2.45, 2.75) is 25.7 Å². The first-order chi connectivity index (χ1) is 9.99. The van der Waals surface area contributed by atoms with Gasteiger partial charge in [-0.2, -0.15) is 0 Å². The molecule has 2 rings (SSSR count). The quantitative estimate of drug-likeness (QED) is 0.592. The number of hydrogen-bond acceptors (Lipinski definition) is 3. The second kappa shape index (κ2) is 7.24. The Morgan fingerprint density at radius 1 is 1.29 bits per heavy atom. The first-order valence-corrected chi connectivity index (χ1v) is 7.81. The van der Waals surface area contributed by atoms with Crippen molar-refractivity contribution in [1.82, 2.24) is 15.0 Å². The van der Waals surface area contributed by atoms with E-state index < -0.39 is 5.97 Å². The molecule has 1 aromatic heterocycles. The fourth-order valence-corrected chi connectivity index (χ4v) is 2.66. The number of nitrogens with zero attached hydrogens (tertiary/aromatic N) is 3. The van der Waals surface area contributed by atoms with E-state index in [-0.39, 0.29) is 6.42 Å². The van der Waals surface area contributed by atoms with Gasteiger partial charge in [-0.15, -0.1) is 5.10 Å². The van der Waals surface area contributed by atoms with Crippen LogP contribution in [0, 0.1) is 0 Å². The number of aliphatic carboxylic acids is 1. The highest BCUT2D eigenvalue weighted by Crippen LogP contribution is 2.34. The lowest BCUT2D eigenvalue weighted by molar-refractivity contribution is -0.137. The fourth-order valence-electron chi connectivity index (χ4n) is 1.81. The molecule has 0 unspecified atom stereocenters. The van der Waals surface area contributed by atoms with E-state index in [1.807, 2.05) is 0 Å². The van der Waals surface area contributed by atoms with Gasteiger partial charge in [0, 0.05) is 10.9 Å². The lowest BCUT2D eigenvalue weighted by Crippen LogP contribution is -1.96. The number of carboxylic acids is 1. The summed E-state index contributed by atoms with van der Waals surface area (Å²) < 4.78 is 2.28. The van der Waals surface area contributed by atoms with Crippen LogP contribution in [0.5, 0.6) is 0 Å². The van der Waals surface area contributed by atoms with Crippen LogP contribution in [-0.2, 0) is 11.2 Å². The average Bonchev–Trinajstić information content (AvgIpc) is 2.89. The van der Waals surface area contributed by atoms with Gasteiger partial charge in [0.2, 0.25) is 0 Å². The number of carbonyl (C=O) groups is 1. The van der Waals surface area contributed by atoms with Gasteiger partial charge in [-0.25, -0.2) is 4.68 Å². The van der Waals surface area contributed by atoms with Gasteiger partial charge in [-0.05, 0) is 47.3 Å². The largest absolute Gasteiger partial charge is 0.481 e. The minimum Gasteiger partial charge on any atom is -0.481 e. The summed E-state index contributed by atoms with van der Waals surface area (Å²) in [5.74, 6) is -0.782. The zero-order valence-electron chi connectivity index (χ0n) is 10.9. The Balaban J connectivity index is 2.06. The normalized spacial score (nSPS) is 10.8. The summed E-state index contributed by atoms with van der Waals surface area (Å²) in [5, 5.41) is 17.5. The Bertz CT molecular complexity index is 661. The number of halogens is 3. The van der Waals surface area contributed by atoms with Crippen LogP contribution >= 0.6 is 39.1 Å². The van der Waals surface area contributed by atoms with Crippen LogP contribution in [0.4, 0.5) is 0 Å². The third kappa shape index (κ3) is 4.18. The molecule has 0 fully saturated rings. The molecule has 5 nitrogen and oxygen atoms in total. The van der Waals surface area contributed by atoms with E-state index in [0.717, 1.165) is 12.1 Å². The highest BCUT2D eigenvalue weighted by molar-refractivity contribution is 9.10. The van der Waals surface area contributed by atoms with Crippen molar-refractivity contribution in [1.29, 1.82) is 0 Å². The zero-order valence-corrected chi connectivity index (χ0v) is 14.0. The molecular formula is C13H12BrCl2N3O2. The first-order valence-electron chi connectivity index (χ1n) is 6.26. The molecule has 2 aromatic rings. The SMILES string of the molecule is O=C(O)CCCCc1cn(-c2ccc(Br)c(Cl)c2Cl)nn1. The van der Waals surface area contributed by atoms with Crippen LogP contribution in [0.25, 0.3) is 5.69 Å². The van der Waals surface area contributed by atoms with Crippen molar-refractivity contribution >= 4 is 45.1 Å². The molecular weight excluding hydrogens is 381 g/mol. The molecule has 0 saturated carbocycles. The van der Waals surface area contributed by atoms with Crippen molar-refractivity contribution in [2.24, 2.45) is 0 Å². The molecule has 112 valence electrons. The topological polar surface area (TPSA) is 68.0 Å². The first kappa shape index (κ1) is 16.3. The van der Waals surface area contributed by atoms with Crippen molar-refractivity contribution < 1.29 is 9.90 Å². The minimum absolute atomic E-state index is 0.169. The van der Waals surface area contributed by atoms with Crippen LogP contribution < -0.4 is 0 Å². The predicted octanol–water partition coefficient (Wildman–Crippen LogP) is 4.13. The maximum absolute atomic E-state index is 10.4. The van der Waals surface area contributed by atoms with Gasteiger partial charge in [0.05, 0.1) is 27.6 Å². The molecule has 1 N–H and O–H groups in total. The van der Waals surface area contributed by atoms with Crippen LogP contribution in [0.1, 0.15) is 25.0 Å². The highest BCUT2D eigenvalue weighted by atomic mass is 79.9. The molecule has 1 aromatic carbocycles. The molecule has 21 heavy (non-hydrogen) atoms. The van der Waals surface area contributed by atoms with Gasteiger partial charge in [0.25, 0.3) is 0 Å². The number of carboxylic acid groups (broad SMARTS) is 1. The fraction of sp³-hybridized carbons (Fsp3) is 0.308. The molecule has 1 heterocycles. The van der Waals surface area contributed by atoms with E-state index in [0.29, 0.717) is 33.0 Å². The molecule has 0 radical (unpaired) electrons. The predicted molar refractivity (Wildman–Crippen MR) is 84.3 cm³/mol. The maximum Gasteiger partial charge on any atom is 0.303 e. The van der Waals surface area contributed by atoms with Gasteiger partial charge in [0.15, 0.2) is 0 Å². The number of hydrogen-bond donors (Lipinski definition) is 1. The zero-order chi connectivity index (χ0) is 15.4. The molecule has 0 amide bonds. The second-order valence-electron chi connectivity index (χ2n) is 4.45. The highest BCUT2D eigenvalue weighted by Gasteiger charge is 2.12. The lowest BCUT2D eigenvalue weighted by Gasteiger charge is -2.06. The van der Waals surface area contributed by atoms with Crippen molar-refractivity contribution in [2.75, 3.05) is 0 Å². The average molecular weight is 393 g/mol. The number of unbranched alkanes of at least 4 members (excludes halogenated alkanes) is 1. The monoisotopic (exact) mass is 391 g/mol. The van der Waals surface area contributed by atoms with Crippen LogP contribution in [0.3, 0.4) is 0 Å². The number of benzene rings is 1. The van der Waals surface area contributed by atoms with Gasteiger partial charge in [-0.3, -0.25) is 4.79 Å². The van der Waals surface area contributed by atoms with E-state index >= 15 is 0 Å². The number of aromatic nitrogens is 3. The summed E-state index contributed by atoms with van der Waals surface area (Å²) in [7, 11) is 0. The molecule has 0 aliphatic heterocycles. The third-order valence-electron chi connectivity index (χ3n) is 2.88. The second-order valence-corrected chi connectivity index (χ2v) is 6.06. The minimum atomic E-state index is -0.782. The molecule has 8 heteroatoms. The Morgan fingerprint density at radius 3 is 2.76 bits per heavy atom. The number of rotatable bonds is 6. The summed E-state index contributed by atoms with van der Waals surface area (Å²) in [4.78, 5) is 10.4. The smallest absolute Gasteiger partial charge is 0.303 e. The Labute approximate surface area is 140 Å². The lowest BCUT2D eigenvalue weighted by atomic mass is 10.1. The number of aryl methyl sites for hydroxylation is 1. The molecule has 0 aliphatic rings.